The van der Waals surface area contributed by atoms with E-state index in [1.165, 1.54) is 158 Å². The number of aromatic nitrogens is 7. The van der Waals surface area contributed by atoms with Crippen LogP contribution in [0, 0.1) is 0 Å². The Bertz CT molecular complexity index is 8700. The first-order valence-electron chi connectivity index (χ1n) is 42.3. The number of benzene rings is 18. The Morgan fingerprint density at radius 1 is 0.167 bits per heavy atom. The van der Waals surface area contributed by atoms with Gasteiger partial charge in [0.1, 0.15) is 0 Å². The number of fused-ring (bicyclic) bond motifs is 20. The van der Waals surface area contributed by atoms with E-state index in [2.05, 4.69) is 379 Å². The van der Waals surface area contributed by atoms with E-state index in [0.717, 1.165) is 67.3 Å². The Balaban J connectivity index is 0.000000137. The summed E-state index contributed by atoms with van der Waals surface area (Å²) in [6, 6.07) is 150. The summed E-state index contributed by atoms with van der Waals surface area (Å²) in [6.45, 7) is 0. The normalized spacial score (nSPS) is 11.8. The molecule has 0 bridgehead atoms. The van der Waals surface area contributed by atoms with E-state index >= 15 is 0 Å². The van der Waals surface area contributed by atoms with Gasteiger partial charge in [0.25, 0.3) is 0 Å². The van der Waals surface area contributed by atoms with Crippen molar-refractivity contribution in [1.82, 2.24) is 34.1 Å². The van der Waals surface area contributed by atoms with Crippen molar-refractivity contribution < 1.29 is 0 Å². The zero-order chi connectivity index (χ0) is 82.9. The molecule has 8 heterocycles. The molecule has 0 radical (unpaired) electrons. The molecule has 0 amide bonds. The second-order valence-corrected chi connectivity index (χ2v) is 36.3. The van der Waals surface area contributed by atoms with Gasteiger partial charge in [0, 0.05) is 158 Å². The molecule has 588 valence electrons. The van der Waals surface area contributed by atoms with Crippen LogP contribution in [0.1, 0.15) is 0 Å². The summed E-state index contributed by atoms with van der Waals surface area (Å²) in [5, 5.41) is 15.4. The Morgan fingerprint density at radius 3 is 0.905 bits per heavy atom. The lowest BCUT2D eigenvalue weighted by Crippen LogP contribution is -2.00. The van der Waals surface area contributed by atoms with Crippen molar-refractivity contribution in [3.05, 3.63) is 419 Å². The van der Waals surface area contributed by atoms with Crippen molar-refractivity contribution in [3.8, 4) is 124 Å². The fraction of sp³-hybridized carbons (Fsp3) is 0. The Hall–Kier alpha value is -15.5. The fourth-order valence-corrected chi connectivity index (χ4v) is 23.7. The molecule has 0 aliphatic heterocycles. The standard InChI is InChI=1S/C58H35N3S2.C57H34N4S2/c1-4-14-36(15-5-1)41-28-29-46-52(32-41)61(51-31-30-45-43-20-10-12-22-53(43)63-57(45)55(46)51)42-33-47(56-48(34-42)44-21-11-13-23-54(44)62-56)37-24-26-40(27-25-37)58-59-49(38-16-6-2-7-17-38)35-50(60-58)39-18-8-3-9-19-39;1-4-15-35(16-5-1)38-27-28-45-49(32-38)61(48-30-29-44-42-23-10-12-25-50(42)63-54(44)52(45)48)41-33-46(53-47(34-41)43-24-11-13-26-51(43)62-53)39-21-14-22-40(31-39)57-59-55(36-17-6-2-7-18-36)58-56(60-57)37-19-8-3-9-20-37/h1-35H;1-34H. The van der Waals surface area contributed by atoms with E-state index in [9.17, 15) is 0 Å². The molecule has 11 heteroatoms. The van der Waals surface area contributed by atoms with Gasteiger partial charge in [0.2, 0.25) is 0 Å². The van der Waals surface area contributed by atoms with Crippen LogP contribution in [0.5, 0.6) is 0 Å². The largest absolute Gasteiger partial charge is 0.309 e. The Kier molecular flexibility index (Phi) is 17.6. The van der Waals surface area contributed by atoms with Crippen LogP contribution in [0.2, 0.25) is 0 Å². The first-order valence-corrected chi connectivity index (χ1v) is 45.6. The van der Waals surface area contributed by atoms with Crippen LogP contribution in [0.4, 0.5) is 0 Å². The van der Waals surface area contributed by atoms with E-state index in [1.807, 2.05) is 93.9 Å². The molecule has 0 aliphatic carbocycles. The minimum absolute atomic E-state index is 0.636. The molecule has 0 atom stereocenters. The highest BCUT2D eigenvalue weighted by molar-refractivity contribution is 7.28. The summed E-state index contributed by atoms with van der Waals surface area (Å²) < 4.78 is 15.4. The van der Waals surface area contributed by atoms with E-state index in [0.29, 0.717) is 23.3 Å². The first-order chi connectivity index (χ1) is 62.4. The Morgan fingerprint density at radius 2 is 0.476 bits per heavy atom. The maximum absolute atomic E-state index is 5.14. The van der Waals surface area contributed by atoms with Gasteiger partial charge in [-0.15, -0.1) is 45.3 Å². The molecular weight excluding hydrogens is 1610 g/mol. The van der Waals surface area contributed by atoms with Crippen LogP contribution in [0.3, 0.4) is 0 Å². The highest BCUT2D eigenvalue weighted by Crippen LogP contribution is 2.51. The number of hydrogen-bond acceptors (Lipinski definition) is 9. The molecule has 0 saturated heterocycles. The summed E-state index contributed by atoms with van der Waals surface area (Å²) in [5.74, 6) is 2.63. The third-order valence-electron chi connectivity index (χ3n) is 24.7. The van der Waals surface area contributed by atoms with Crippen molar-refractivity contribution in [3.63, 3.8) is 0 Å². The summed E-state index contributed by atoms with van der Waals surface area (Å²) >= 11 is 7.51. The van der Waals surface area contributed by atoms with Gasteiger partial charge in [0.05, 0.1) is 33.5 Å². The van der Waals surface area contributed by atoms with Crippen LogP contribution < -0.4 is 0 Å². The average molecular weight is 1680 g/mol. The summed E-state index contributed by atoms with van der Waals surface area (Å²) in [5.41, 5.74) is 24.2. The SMILES string of the molecule is c1ccc(-c2ccc3c4c5sc6ccccc6c5ccc4n(-c4cc(-c5ccc(-c6nc(-c7ccccc7)cc(-c7ccccc7)n6)cc5)c5sc6ccccc6c5c4)c3c2)cc1.c1ccc(-c2ccc3c4c5sc6ccccc6c5ccc4n(-c4cc(-c5cccc(-c6nc(-c7ccccc7)nc(-c7ccccc7)n6)c5)c5sc6ccccc6c5c4)c3c2)cc1. The van der Waals surface area contributed by atoms with E-state index < -0.39 is 0 Å². The van der Waals surface area contributed by atoms with Crippen LogP contribution in [0.15, 0.2) is 419 Å². The molecule has 8 aromatic heterocycles. The average Bonchev–Trinajstić information content (AvgIpc) is 1.55. The van der Waals surface area contributed by atoms with Crippen molar-refractivity contribution in [2.75, 3.05) is 0 Å². The van der Waals surface area contributed by atoms with Crippen molar-refractivity contribution in [1.29, 1.82) is 0 Å². The van der Waals surface area contributed by atoms with Gasteiger partial charge < -0.3 is 9.13 Å². The summed E-state index contributed by atoms with van der Waals surface area (Å²) in [6.07, 6.45) is 0. The highest BCUT2D eigenvalue weighted by Gasteiger charge is 2.26. The molecule has 0 unspecified atom stereocenters. The number of nitrogens with zero attached hydrogens (tertiary/aromatic N) is 7. The van der Waals surface area contributed by atoms with Gasteiger partial charge in [-0.25, -0.2) is 24.9 Å². The number of thiophene rings is 4. The predicted molar refractivity (Wildman–Crippen MR) is 536 cm³/mol. The van der Waals surface area contributed by atoms with Crippen molar-refractivity contribution >= 4 is 170 Å². The smallest absolute Gasteiger partial charge is 0.164 e. The van der Waals surface area contributed by atoms with Gasteiger partial charge in [0.15, 0.2) is 23.3 Å². The second kappa shape index (κ2) is 30.2. The zero-order valence-electron chi connectivity index (χ0n) is 67.6. The maximum Gasteiger partial charge on any atom is 0.164 e. The fourth-order valence-electron chi connectivity index (χ4n) is 18.7. The molecule has 0 N–H and O–H groups in total. The number of rotatable bonds is 12. The topological polar surface area (TPSA) is 74.3 Å². The maximum atomic E-state index is 5.14. The predicted octanol–water partition coefficient (Wildman–Crippen LogP) is 32.7. The van der Waals surface area contributed by atoms with Gasteiger partial charge in [-0.05, 0) is 118 Å². The third kappa shape index (κ3) is 12.5. The zero-order valence-corrected chi connectivity index (χ0v) is 70.9. The van der Waals surface area contributed by atoms with Crippen LogP contribution in [0.25, 0.3) is 248 Å². The van der Waals surface area contributed by atoms with Crippen molar-refractivity contribution in [2.24, 2.45) is 0 Å². The van der Waals surface area contributed by atoms with Gasteiger partial charge in [-0.1, -0.05) is 334 Å². The molecule has 7 nitrogen and oxygen atoms in total. The quantitative estimate of drug-likeness (QED) is 0.122. The molecule has 26 aromatic rings. The molecule has 26 rings (SSSR count). The second-order valence-electron chi connectivity index (χ2n) is 32.1. The molecule has 0 fully saturated rings. The lowest BCUT2D eigenvalue weighted by Gasteiger charge is -2.14. The monoisotopic (exact) mass is 1680 g/mol. The molecule has 0 saturated carbocycles. The molecule has 0 spiro atoms. The van der Waals surface area contributed by atoms with Gasteiger partial charge in [-0.2, -0.15) is 0 Å². The molecule has 126 heavy (non-hydrogen) atoms. The van der Waals surface area contributed by atoms with E-state index in [1.54, 1.807) is 0 Å². The van der Waals surface area contributed by atoms with E-state index in [4.69, 9.17) is 24.9 Å². The van der Waals surface area contributed by atoms with Crippen LogP contribution in [-0.4, -0.2) is 34.1 Å². The van der Waals surface area contributed by atoms with E-state index in [-0.39, 0.29) is 0 Å². The van der Waals surface area contributed by atoms with Gasteiger partial charge in [-0.3, -0.25) is 0 Å². The summed E-state index contributed by atoms with van der Waals surface area (Å²) in [4.78, 5) is 25.5. The molecule has 0 aliphatic rings. The lowest BCUT2D eigenvalue weighted by molar-refractivity contribution is 1.07. The van der Waals surface area contributed by atoms with Gasteiger partial charge >= 0.3 is 0 Å². The van der Waals surface area contributed by atoms with Crippen molar-refractivity contribution in [2.45, 2.75) is 0 Å². The Labute approximate surface area is 740 Å². The third-order valence-corrected chi connectivity index (χ3v) is 29.5. The highest BCUT2D eigenvalue weighted by atomic mass is 32.1. The molecular formula is C115H69N7S4. The van der Waals surface area contributed by atoms with Crippen LogP contribution in [-0.2, 0) is 0 Å². The minimum Gasteiger partial charge on any atom is -0.309 e. The lowest BCUT2D eigenvalue weighted by atomic mass is 9.99. The molecule has 18 aromatic carbocycles. The summed E-state index contributed by atoms with van der Waals surface area (Å²) in [7, 11) is 0. The minimum atomic E-state index is 0.636. The first kappa shape index (κ1) is 73.3. The van der Waals surface area contributed by atoms with Crippen LogP contribution >= 0.6 is 45.3 Å². The number of hydrogen-bond donors (Lipinski definition) is 0.